The molecule has 28 heavy (non-hydrogen) atoms. The van der Waals surface area contributed by atoms with Gasteiger partial charge in [-0.15, -0.1) is 0 Å². The number of alkyl halides is 2. The number of benzene rings is 2. The highest BCUT2D eigenvalue weighted by Crippen LogP contribution is 2.40. The Morgan fingerprint density at radius 3 is 1.89 bits per heavy atom. The second-order valence-electron chi connectivity index (χ2n) is 5.77. The summed E-state index contributed by atoms with van der Waals surface area (Å²) in [4.78, 5) is -1.25. The third kappa shape index (κ3) is 3.61. The van der Waals surface area contributed by atoms with E-state index >= 15 is 0 Å². The van der Waals surface area contributed by atoms with Crippen LogP contribution in [-0.2, 0) is 9.84 Å². The van der Waals surface area contributed by atoms with E-state index in [-0.39, 0.29) is 5.56 Å². The molecule has 0 unspecified atom stereocenters. The van der Waals surface area contributed by atoms with Gasteiger partial charge < -0.3 is 4.52 Å². The van der Waals surface area contributed by atoms with Gasteiger partial charge in [0.15, 0.2) is 9.84 Å². The smallest absolute Gasteiger partial charge is 0.298 e. The molecule has 0 saturated carbocycles. The van der Waals surface area contributed by atoms with Gasteiger partial charge in [-0.3, -0.25) is 0 Å². The summed E-state index contributed by atoms with van der Waals surface area (Å²) in [6, 6.07) is 3.04. The van der Waals surface area contributed by atoms with E-state index in [1.807, 2.05) is 0 Å². The quantitative estimate of drug-likeness (QED) is 0.562. The van der Waals surface area contributed by atoms with E-state index in [0.29, 0.717) is 24.5 Å². The third-order valence-electron chi connectivity index (χ3n) is 3.71. The highest BCUT2D eigenvalue weighted by molar-refractivity contribution is 7.90. The summed E-state index contributed by atoms with van der Waals surface area (Å²) in [6.07, 6.45) is -2.71. The Balaban J connectivity index is 2.31. The first-order valence-corrected chi connectivity index (χ1v) is 9.32. The van der Waals surface area contributed by atoms with Crippen LogP contribution >= 0.6 is 0 Å². The van der Waals surface area contributed by atoms with Gasteiger partial charge in [0, 0.05) is 17.9 Å². The Morgan fingerprint density at radius 1 is 0.893 bits per heavy atom. The lowest BCUT2D eigenvalue weighted by atomic mass is 9.98. The number of hydrogen-bond acceptors (Lipinski definition) is 4. The number of aromatic nitrogens is 1. The van der Waals surface area contributed by atoms with Crippen molar-refractivity contribution < 1.29 is 39.3 Å². The van der Waals surface area contributed by atoms with Crippen LogP contribution in [-0.4, -0.2) is 19.8 Å². The predicted octanol–water partition coefficient (Wildman–Crippen LogP) is 4.91. The monoisotopic (exact) mass is 421 g/mol. The molecule has 11 heteroatoms. The van der Waals surface area contributed by atoms with E-state index in [1.54, 1.807) is 0 Å². The summed E-state index contributed by atoms with van der Waals surface area (Å²) in [5.41, 5.74) is -1.99. The van der Waals surface area contributed by atoms with E-state index < -0.39 is 67.0 Å². The molecular formula is C17H9F6NO3S. The zero-order chi connectivity index (χ0) is 20.8. The molecule has 4 nitrogen and oxygen atoms in total. The van der Waals surface area contributed by atoms with Gasteiger partial charge in [0.2, 0.25) is 5.76 Å². The second-order valence-corrected chi connectivity index (χ2v) is 7.72. The molecule has 0 N–H and O–H groups in total. The number of hydrogen-bond donors (Lipinski definition) is 0. The number of nitrogens with zero attached hydrogens (tertiary/aromatic N) is 1. The van der Waals surface area contributed by atoms with Crippen molar-refractivity contribution in [1.29, 1.82) is 0 Å². The van der Waals surface area contributed by atoms with Crippen molar-refractivity contribution in [3.63, 3.8) is 0 Å². The maximum atomic E-state index is 14.2. The van der Waals surface area contributed by atoms with Crippen molar-refractivity contribution in [2.75, 3.05) is 6.26 Å². The van der Waals surface area contributed by atoms with Crippen molar-refractivity contribution in [3.05, 3.63) is 59.4 Å². The van der Waals surface area contributed by atoms with Crippen LogP contribution < -0.4 is 0 Å². The fourth-order valence-electron chi connectivity index (χ4n) is 2.68. The van der Waals surface area contributed by atoms with Gasteiger partial charge in [0.25, 0.3) is 6.43 Å². The lowest BCUT2D eigenvalue weighted by molar-refractivity contribution is 0.113. The van der Waals surface area contributed by atoms with Crippen molar-refractivity contribution in [1.82, 2.24) is 5.16 Å². The number of sulfone groups is 1. The van der Waals surface area contributed by atoms with Crippen LogP contribution in [0, 0.1) is 23.3 Å². The highest BCUT2D eigenvalue weighted by atomic mass is 32.2. The van der Waals surface area contributed by atoms with Crippen LogP contribution in [0.5, 0.6) is 0 Å². The van der Waals surface area contributed by atoms with Crippen LogP contribution in [0.1, 0.15) is 12.2 Å². The Labute approximate surface area is 154 Å². The SMILES string of the molecule is CS(=O)(=O)c1c(F)cc(-c2c(-c3cc(F)cc(F)c3)noc2C(F)F)cc1F. The van der Waals surface area contributed by atoms with Crippen LogP contribution in [0.25, 0.3) is 22.4 Å². The van der Waals surface area contributed by atoms with Crippen LogP contribution in [0.3, 0.4) is 0 Å². The molecule has 2 aromatic carbocycles. The number of rotatable bonds is 4. The number of halogens is 6. The lowest BCUT2D eigenvalue weighted by Crippen LogP contribution is -2.05. The first-order valence-electron chi connectivity index (χ1n) is 7.42. The molecule has 0 bridgehead atoms. The zero-order valence-corrected chi connectivity index (χ0v) is 14.6. The highest BCUT2D eigenvalue weighted by Gasteiger charge is 2.29. The Hall–Kier alpha value is -2.82. The molecule has 0 radical (unpaired) electrons. The molecule has 1 aromatic heterocycles. The maximum Gasteiger partial charge on any atom is 0.298 e. The molecule has 3 rings (SSSR count). The fourth-order valence-corrected chi connectivity index (χ4v) is 3.50. The molecular weight excluding hydrogens is 412 g/mol. The predicted molar refractivity (Wildman–Crippen MR) is 85.3 cm³/mol. The van der Waals surface area contributed by atoms with E-state index in [9.17, 15) is 34.8 Å². The molecule has 0 fully saturated rings. The summed E-state index contributed by atoms with van der Waals surface area (Å²) >= 11 is 0. The summed E-state index contributed by atoms with van der Waals surface area (Å²) in [6.45, 7) is 0. The Morgan fingerprint density at radius 2 is 1.43 bits per heavy atom. The standard InChI is InChI=1S/C17H9F6NO3S/c1-28(25,26)16-11(20)4-7(5-12(16)21)13-14(24-27-15(13)17(22)23)8-2-9(18)6-10(19)3-8/h2-6,17H,1H3. The first kappa shape index (κ1) is 19.9. The fraction of sp³-hybridized carbons (Fsp3) is 0.118. The van der Waals surface area contributed by atoms with E-state index in [2.05, 4.69) is 9.68 Å². The summed E-state index contributed by atoms with van der Waals surface area (Å²) in [7, 11) is -4.29. The third-order valence-corrected chi connectivity index (χ3v) is 4.84. The van der Waals surface area contributed by atoms with Gasteiger partial charge in [-0.2, -0.15) is 0 Å². The minimum absolute atomic E-state index is 0.323. The van der Waals surface area contributed by atoms with Gasteiger partial charge in [-0.05, 0) is 29.8 Å². The van der Waals surface area contributed by atoms with Crippen LogP contribution in [0.2, 0.25) is 0 Å². The van der Waals surface area contributed by atoms with Crippen LogP contribution in [0.4, 0.5) is 26.3 Å². The Kier molecular flexibility index (Phi) is 4.96. The topological polar surface area (TPSA) is 60.2 Å². The van der Waals surface area contributed by atoms with Gasteiger partial charge in [-0.25, -0.2) is 34.8 Å². The summed E-state index contributed by atoms with van der Waals surface area (Å²) < 4.78 is 110. The molecule has 0 amide bonds. The average molecular weight is 421 g/mol. The Bertz CT molecular complexity index is 1130. The van der Waals surface area contributed by atoms with Crippen LogP contribution in [0.15, 0.2) is 39.8 Å². The van der Waals surface area contributed by atoms with Gasteiger partial charge in [-0.1, -0.05) is 5.16 Å². The van der Waals surface area contributed by atoms with E-state index in [4.69, 9.17) is 0 Å². The zero-order valence-electron chi connectivity index (χ0n) is 13.8. The van der Waals surface area contributed by atoms with Gasteiger partial charge >= 0.3 is 0 Å². The van der Waals surface area contributed by atoms with E-state index in [1.165, 1.54) is 0 Å². The van der Waals surface area contributed by atoms with Gasteiger partial charge in [0.05, 0.1) is 5.56 Å². The van der Waals surface area contributed by atoms with E-state index in [0.717, 1.165) is 12.1 Å². The van der Waals surface area contributed by atoms with Crippen molar-refractivity contribution in [3.8, 4) is 22.4 Å². The average Bonchev–Trinajstić information content (AvgIpc) is 2.96. The normalized spacial score (nSPS) is 12.0. The summed E-state index contributed by atoms with van der Waals surface area (Å²) in [5.74, 6) is -6.27. The molecule has 0 aliphatic heterocycles. The minimum Gasteiger partial charge on any atom is -0.354 e. The molecule has 0 aliphatic rings. The largest absolute Gasteiger partial charge is 0.354 e. The molecule has 1 heterocycles. The lowest BCUT2D eigenvalue weighted by Gasteiger charge is -2.09. The summed E-state index contributed by atoms with van der Waals surface area (Å²) in [5, 5.41) is 3.35. The molecule has 0 aliphatic carbocycles. The molecule has 0 spiro atoms. The van der Waals surface area contributed by atoms with Crippen molar-refractivity contribution in [2.24, 2.45) is 0 Å². The van der Waals surface area contributed by atoms with Crippen molar-refractivity contribution in [2.45, 2.75) is 11.3 Å². The molecule has 148 valence electrons. The maximum absolute atomic E-state index is 14.2. The van der Waals surface area contributed by atoms with Gasteiger partial charge in [0.1, 0.15) is 33.9 Å². The minimum atomic E-state index is -4.29. The molecule has 3 aromatic rings. The molecule has 0 saturated heterocycles. The first-order chi connectivity index (χ1) is 13.0. The molecule has 0 atom stereocenters. The second kappa shape index (κ2) is 6.97. The van der Waals surface area contributed by atoms with Crippen molar-refractivity contribution >= 4 is 9.84 Å².